The number of benzene rings is 1. The van der Waals surface area contributed by atoms with Gasteiger partial charge in [0.05, 0.1) is 0 Å². The van der Waals surface area contributed by atoms with E-state index >= 15 is 0 Å². The molecule has 6 heteroatoms. The molecular formula is C13H16F3N2O. The van der Waals surface area contributed by atoms with E-state index in [1.54, 1.807) is 6.07 Å². The molecule has 0 amide bonds. The minimum absolute atomic E-state index is 0.162. The molecule has 0 saturated carbocycles. The third-order valence-electron chi connectivity index (χ3n) is 2.90. The largest absolute Gasteiger partial charge is 0.573 e. The van der Waals surface area contributed by atoms with Gasteiger partial charge in [0.1, 0.15) is 5.75 Å². The van der Waals surface area contributed by atoms with Gasteiger partial charge in [-0.05, 0) is 30.7 Å². The molecule has 0 aliphatic carbocycles. The van der Waals surface area contributed by atoms with Crippen LogP contribution in [0.5, 0.6) is 5.75 Å². The highest BCUT2D eigenvalue weighted by atomic mass is 19.4. The summed E-state index contributed by atoms with van der Waals surface area (Å²) in [7, 11) is 0. The lowest BCUT2D eigenvalue weighted by atomic mass is 10.2. The van der Waals surface area contributed by atoms with Gasteiger partial charge in [-0.25, -0.2) is 5.32 Å². The Morgan fingerprint density at radius 2 is 2.05 bits per heavy atom. The Balaban J connectivity index is 1.98. The van der Waals surface area contributed by atoms with Gasteiger partial charge in [0.25, 0.3) is 0 Å². The van der Waals surface area contributed by atoms with Gasteiger partial charge >= 0.3 is 6.36 Å². The van der Waals surface area contributed by atoms with E-state index in [0.717, 1.165) is 38.2 Å². The molecule has 1 aliphatic heterocycles. The molecule has 0 N–H and O–H groups in total. The second-order valence-electron chi connectivity index (χ2n) is 4.50. The third kappa shape index (κ3) is 5.08. The summed E-state index contributed by atoms with van der Waals surface area (Å²) in [6, 6.07) is 6.15. The molecule has 1 aromatic carbocycles. The highest BCUT2D eigenvalue weighted by Crippen LogP contribution is 2.23. The van der Waals surface area contributed by atoms with Crippen LogP contribution >= 0.6 is 0 Å². The zero-order chi connectivity index (χ0) is 13.7. The van der Waals surface area contributed by atoms with Gasteiger partial charge in [-0.3, -0.25) is 4.90 Å². The molecule has 0 spiro atoms. The van der Waals surface area contributed by atoms with E-state index < -0.39 is 6.36 Å². The first-order chi connectivity index (χ1) is 9.03. The first-order valence-corrected chi connectivity index (χ1v) is 6.23. The van der Waals surface area contributed by atoms with Crippen molar-refractivity contribution in [3.05, 3.63) is 29.8 Å². The van der Waals surface area contributed by atoms with Crippen molar-refractivity contribution in [2.75, 3.05) is 26.2 Å². The first kappa shape index (κ1) is 14.1. The Bertz CT molecular complexity index is 401. The maximum atomic E-state index is 12.1. The summed E-state index contributed by atoms with van der Waals surface area (Å²) in [6.07, 6.45) is -3.64. The molecule has 0 atom stereocenters. The van der Waals surface area contributed by atoms with Gasteiger partial charge in [0.2, 0.25) is 0 Å². The predicted molar refractivity (Wildman–Crippen MR) is 64.9 cm³/mol. The fraction of sp³-hybridized carbons (Fsp3) is 0.538. The molecule has 1 saturated heterocycles. The third-order valence-corrected chi connectivity index (χ3v) is 2.90. The molecular weight excluding hydrogens is 257 g/mol. The Morgan fingerprint density at radius 3 is 2.84 bits per heavy atom. The van der Waals surface area contributed by atoms with E-state index in [-0.39, 0.29) is 5.75 Å². The standard InChI is InChI=1S/C13H16F3N2O/c14-13(15,16)19-12-4-1-3-11(9-12)10-18-7-2-5-17-6-8-18/h1,3-4,9H,2,5-8,10H2. The van der Waals surface area contributed by atoms with Crippen LogP contribution in [-0.2, 0) is 6.54 Å². The van der Waals surface area contributed by atoms with Crippen LogP contribution < -0.4 is 10.1 Å². The van der Waals surface area contributed by atoms with E-state index in [9.17, 15) is 13.2 Å². The number of nitrogens with zero attached hydrogens (tertiary/aromatic N) is 2. The molecule has 1 fully saturated rings. The second kappa shape index (κ2) is 6.25. The quantitative estimate of drug-likeness (QED) is 0.845. The number of hydrogen-bond donors (Lipinski definition) is 0. The molecule has 1 aliphatic rings. The van der Waals surface area contributed by atoms with E-state index in [1.807, 2.05) is 6.07 Å². The lowest BCUT2D eigenvalue weighted by Gasteiger charge is -2.19. The van der Waals surface area contributed by atoms with Gasteiger partial charge in [-0.2, -0.15) is 0 Å². The summed E-state index contributed by atoms with van der Waals surface area (Å²) in [4.78, 5) is 2.20. The smallest absolute Gasteiger partial charge is 0.406 e. The molecule has 2 rings (SSSR count). The first-order valence-electron chi connectivity index (χ1n) is 6.23. The number of alkyl halides is 3. The van der Waals surface area contributed by atoms with Crippen LogP contribution in [0.15, 0.2) is 24.3 Å². The lowest BCUT2D eigenvalue weighted by Crippen LogP contribution is -2.26. The molecule has 0 bridgehead atoms. The summed E-state index contributed by atoms with van der Waals surface area (Å²) >= 11 is 0. The van der Waals surface area contributed by atoms with Gasteiger partial charge in [0.15, 0.2) is 0 Å². The zero-order valence-electron chi connectivity index (χ0n) is 10.5. The highest BCUT2D eigenvalue weighted by Gasteiger charge is 2.31. The monoisotopic (exact) mass is 273 g/mol. The molecule has 3 nitrogen and oxygen atoms in total. The van der Waals surface area contributed by atoms with Crippen LogP contribution in [0.25, 0.3) is 0 Å². The van der Waals surface area contributed by atoms with Crippen molar-refractivity contribution in [1.29, 1.82) is 0 Å². The van der Waals surface area contributed by atoms with Crippen LogP contribution in [0.4, 0.5) is 13.2 Å². The molecule has 0 aromatic heterocycles. The molecule has 1 aromatic rings. The van der Waals surface area contributed by atoms with Gasteiger partial charge in [0, 0.05) is 26.2 Å². The second-order valence-corrected chi connectivity index (χ2v) is 4.50. The van der Waals surface area contributed by atoms with Crippen LogP contribution in [0.3, 0.4) is 0 Å². The van der Waals surface area contributed by atoms with Crippen molar-refractivity contribution < 1.29 is 17.9 Å². The summed E-state index contributed by atoms with van der Waals surface area (Å²) in [6.45, 7) is 4.06. The van der Waals surface area contributed by atoms with Gasteiger partial charge < -0.3 is 4.74 Å². The van der Waals surface area contributed by atoms with E-state index in [4.69, 9.17) is 0 Å². The molecule has 19 heavy (non-hydrogen) atoms. The number of hydrogen-bond acceptors (Lipinski definition) is 2. The maximum absolute atomic E-state index is 12.1. The normalized spacial score (nSPS) is 18.1. The van der Waals surface area contributed by atoms with E-state index in [1.165, 1.54) is 12.1 Å². The average Bonchev–Trinajstić information content (AvgIpc) is 2.56. The minimum Gasteiger partial charge on any atom is -0.406 e. The van der Waals surface area contributed by atoms with Gasteiger partial charge in [-0.15, -0.1) is 13.2 Å². The fourth-order valence-electron chi connectivity index (χ4n) is 2.10. The number of rotatable bonds is 3. The SMILES string of the molecule is FC(F)(F)Oc1cccc(CN2CCC[N]CC2)c1. The molecule has 1 heterocycles. The zero-order valence-corrected chi connectivity index (χ0v) is 10.5. The summed E-state index contributed by atoms with van der Waals surface area (Å²) < 4.78 is 40.3. The highest BCUT2D eigenvalue weighted by molar-refractivity contribution is 5.28. The Morgan fingerprint density at radius 1 is 1.21 bits per heavy atom. The molecule has 0 unspecified atom stereocenters. The summed E-state index contributed by atoms with van der Waals surface area (Å²) in [5.74, 6) is -0.162. The van der Waals surface area contributed by atoms with Crippen molar-refractivity contribution in [3.63, 3.8) is 0 Å². The van der Waals surface area contributed by atoms with Crippen LogP contribution in [0.2, 0.25) is 0 Å². The fourth-order valence-corrected chi connectivity index (χ4v) is 2.10. The summed E-state index contributed by atoms with van der Waals surface area (Å²) in [5.41, 5.74) is 0.823. The molecule has 1 radical (unpaired) electrons. The predicted octanol–water partition coefficient (Wildman–Crippen LogP) is 2.40. The van der Waals surface area contributed by atoms with Crippen LogP contribution in [0, 0.1) is 0 Å². The van der Waals surface area contributed by atoms with Crippen molar-refractivity contribution in [1.82, 2.24) is 10.2 Å². The van der Waals surface area contributed by atoms with Crippen molar-refractivity contribution in [2.45, 2.75) is 19.3 Å². The van der Waals surface area contributed by atoms with E-state index in [0.29, 0.717) is 6.54 Å². The van der Waals surface area contributed by atoms with Crippen molar-refractivity contribution in [3.8, 4) is 5.75 Å². The van der Waals surface area contributed by atoms with E-state index in [2.05, 4.69) is 15.0 Å². The number of ether oxygens (including phenoxy) is 1. The maximum Gasteiger partial charge on any atom is 0.573 e. The van der Waals surface area contributed by atoms with Crippen molar-refractivity contribution >= 4 is 0 Å². The topological polar surface area (TPSA) is 26.6 Å². The Hall–Kier alpha value is -1.27. The summed E-state index contributed by atoms with van der Waals surface area (Å²) in [5, 5.41) is 4.31. The van der Waals surface area contributed by atoms with Crippen molar-refractivity contribution in [2.24, 2.45) is 0 Å². The average molecular weight is 273 g/mol. The van der Waals surface area contributed by atoms with Crippen LogP contribution in [0.1, 0.15) is 12.0 Å². The van der Waals surface area contributed by atoms with Crippen LogP contribution in [-0.4, -0.2) is 37.4 Å². The Labute approximate surface area is 110 Å². The lowest BCUT2D eigenvalue weighted by molar-refractivity contribution is -0.274. The number of halogens is 3. The molecule has 105 valence electrons. The minimum atomic E-state index is -4.64. The Kier molecular flexibility index (Phi) is 4.66. The van der Waals surface area contributed by atoms with Gasteiger partial charge in [-0.1, -0.05) is 12.1 Å².